The molecule has 10 heteroatoms. The fourth-order valence-electron chi connectivity index (χ4n) is 7.61. The number of carbonyl (C=O) groups excluding carboxylic acids is 2. The first-order valence-corrected chi connectivity index (χ1v) is 21.7. The second kappa shape index (κ2) is 17.3. The molecule has 2 fully saturated rings. The summed E-state index contributed by atoms with van der Waals surface area (Å²) >= 11 is 3.09. The number of thiazole rings is 2. The molecule has 2 amide bonds. The van der Waals surface area contributed by atoms with Gasteiger partial charge in [0.15, 0.2) is 0 Å². The first-order chi connectivity index (χ1) is 28.2. The third kappa shape index (κ3) is 9.31. The van der Waals surface area contributed by atoms with Gasteiger partial charge in [-0.15, -0.1) is 35.0 Å². The molecule has 2 aliphatic heterocycles. The fourth-order valence-corrected chi connectivity index (χ4v) is 9.78. The summed E-state index contributed by atoms with van der Waals surface area (Å²) in [5.74, 6) is 9.07. The van der Waals surface area contributed by atoms with Crippen molar-refractivity contribution < 1.29 is 19.1 Å². The lowest BCUT2D eigenvalue weighted by atomic mass is 10.0. The van der Waals surface area contributed by atoms with E-state index in [1.807, 2.05) is 83.7 Å². The van der Waals surface area contributed by atoms with E-state index < -0.39 is 11.2 Å². The SMILES string of the molecule is C#Cc1sc(C2CCCN2C(=O)OC(C)(C)C)nc1-c1cccc2ccccc12.CC#Cc1sc(C2CCCN2C(=O)OC(C)(C)C)nc1-c1cccc2ccccc12. The summed E-state index contributed by atoms with van der Waals surface area (Å²) in [6.07, 6.45) is 8.91. The van der Waals surface area contributed by atoms with Crippen LogP contribution in [0.2, 0.25) is 0 Å². The van der Waals surface area contributed by atoms with Crippen molar-refractivity contribution in [2.45, 2.75) is 97.4 Å². The van der Waals surface area contributed by atoms with Gasteiger partial charge in [0, 0.05) is 24.2 Å². The third-order valence-corrected chi connectivity index (χ3v) is 12.2. The summed E-state index contributed by atoms with van der Waals surface area (Å²) in [5, 5.41) is 6.42. The molecule has 302 valence electrons. The van der Waals surface area contributed by atoms with Crippen molar-refractivity contribution in [3.8, 4) is 46.7 Å². The number of fused-ring (bicyclic) bond motifs is 2. The molecule has 2 aliphatic rings. The van der Waals surface area contributed by atoms with E-state index >= 15 is 0 Å². The van der Waals surface area contributed by atoms with Crippen LogP contribution in [0.25, 0.3) is 44.1 Å². The monoisotopic (exact) mass is 822 g/mol. The number of rotatable bonds is 4. The highest BCUT2D eigenvalue weighted by molar-refractivity contribution is 7.13. The normalized spacial score (nSPS) is 16.6. The second-order valence-electron chi connectivity index (χ2n) is 16.7. The van der Waals surface area contributed by atoms with Crippen LogP contribution in [0.15, 0.2) is 84.9 Å². The molecule has 59 heavy (non-hydrogen) atoms. The molecular weight excluding hydrogens is 773 g/mol. The van der Waals surface area contributed by atoms with Crippen molar-refractivity contribution in [2.75, 3.05) is 13.1 Å². The fraction of sp³-hybridized carbons (Fsp3) is 0.347. The summed E-state index contributed by atoms with van der Waals surface area (Å²) in [5.41, 5.74) is 2.79. The van der Waals surface area contributed by atoms with Gasteiger partial charge in [0.2, 0.25) is 0 Å². The number of amides is 2. The minimum atomic E-state index is -0.523. The molecule has 4 aromatic carbocycles. The number of terminal acetylenes is 1. The van der Waals surface area contributed by atoms with Crippen molar-refractivity contribution >= 4 is 56.4 Å². The molecule has 2 atom stereocenters. The molecule has 2 aromatic heterocycles. The molecular formula is C49H50N4O4S2. The van der Waals surface area contributed by atoms with Crippen molar-refractivity contribution in [1.82, 2.24) is 19.8 Å². The molecule has 8 rings (SSSR count). The van der Waals surface area contributed by atoms with Crippen LogP contribution in [0.3, 0.4) is 0 Å². The van der Waals surface area contributed by atoms with E-state index in [0.29, 0.717) is 13.1 Å². The number of aromatic nitrogens is 2. The van der Waals surface area contributed by atoms with Crippen LogP contribution in [0.1, 0.15) is 106 Å². The summed E-state index contributed by atoms with van der Waals surface area (Å²) in [6, 6.07) is 28.8. The van der Waals surface area contributed by atoms with Gasteiger partial charge in [-0.25, -0.2) is 19.6 Å². The van der Waals surface area contributed by atoms with Gasteiger partial charge in [0.25, 0.3) is 0 Å². The highest BCUT2D eigenvalue weighted by Gasteiger charge is 2.37. The zero-order valence-electron chi connectivity index (χ0n) is 34.8. The molecule has 6 aromatic rings. The van der Waals surface area contributed by atoms with Crippen molar-refractivity contribution in [3.05, 3.63) is 105 Å². The van der Waals surface area contributed by atoms with E-state index in [4.69, 9.17) is 25.9 Å². The summed E-state index contributed by atoms with van der Waals surface area (Å²) in [6.45, 7) is 14.5. The third-order valence-electron chi connectivity index (χ3n) is 10.1. The maximum absolute atomic E-state index is 12.8. The van der Waals surface area contributed by atoms with Crippen LogP contribution < -0.4 is 0 Å². The van der Waals surface area contributed by atoms with Gasteiger partial charge in [-0.05, 0) is 95.7 Å². The van der Waals surface area contributed by atoms with Crippen LogP contribution in [-0.4, -0.2) is 56.2 Å². The van der Waals surface area contributed by atoms with E-state index in [9.17, 15) is 9.59 Å². The van der Waals surface area contributed by atoms with E-state index in [-0.39, 0.29) is 24.3 Å². The zero-order valence-corrected chi connectivity index (χ0v) is 36.4. The quantitative estimate of drug-likeness (QED) is 0.165. The Morgan fingerprint density at radius 1 is 0.661 bits per heavy atom. The van der Waals surface area contributed by atoms with E-state index in [1.54, 1.807) is 16.2 Å². The Kier molecular flexibility index (Phi) is 12.1. The average Bonchev–Trinajstić information content (AvgIpc) is 4.03. The largest absolute Gasteiger partial charge is 0.444 e. The lowest BCUT2D eigenvalue weighted by molar-refractivity contribution is 0.0213. The predicted octanol–water partition coefficient (Wildman–Crippen LogP) is 12.4. The lowest BCUT2D eigenvalue weighted by Crippen LogP contribution is -2.36. The minimum absolute atomic E-state index is 0.0639. The van der Waals surface area contributed by atoms with Gasteiger partial charge in [0.05, 0.1) is 23.5 Å². The second-order valence-corrected chi connectivity index (χ2v) is 18.8. The van der Waals surface area contributed by atoms with Crippen LogP contribution in [0.5, 0.6) is 0 Å². The Balaban J connectivity index is 0.000000179. The number of hydrogen-bond donors (Lipinski definition) is 0. The van der Waals surface area contributed by atoms with Gasteiger partial charge < -0.3 is 9.47 Å². The maximum atomic E-state index is 12.8. The molecule has 2 saturated heterocycles. The van der Waals surface area contributed by atoms with Gasteiger partial charge >= 0.3 is 12.2 Å². The summed E-state index contributed by atoms with van der Waals surface area (Å²) < 4.78 is 11.2. The van der Waals surface area contributed by atoms with Crippen LogP contribution in [0, 0.1) is 24.2 Å². The van der Waals surface area contributed by atoms with Crippen molar-refractivity contribution in [1.29, 1.82) is 0 Å². The van der Waals surface area contributed by atoms with E-state index in [2.05, 4.69) is 72.4 Å². The first-order valence-electron chi connectivity index (χ1n) is 20.1. The lowest BCUT2D eigenvalue weighted by Gasteiger charge is -2.27. The highest BCUT2D eigenvalue weighted by atomic mass is 32.1. The zero-order chi connectivity index (χ0) is 41.9. The van der Waals surface area contributed by atoms with Crippen LogP contribution >= 0.6 is 22.7 Å². The van der Waals surface area contributed by atoms with Gasteiger partial charge in [0.1, 0.15) is 31.0 Å². The van der Waals surface area contributed by atoms with Crippen molar-refractivity contribution in [3.63, 3.8) is 0 Å². The summed E-state index contributed by atoms with van der Waals surface area (Å²) in [4.78, 5) is 40.8. The number of ether oxygens (including phenoxy) is 2. The number of benzene rings is 4. The topological polar surface area (TPSA) is 84.9 Å². The molecule has 2 unspecified atom stereocenters. The number of carbonyl (C=O) groups is 2. The van der Waals surface area contributed by atoms with Gasteiger partial charge in [-0.2, -0.15) is 0 Å². The van der Waals surface area contributed by atoms with Gasteiger partial charge in [-0.3, -0.25) is 9.80 Å². The van der Waals surface area contributed by atoms with E-state index in [0.717, 1.165) is 84.1 Å². The van der Waals surface area contributed by atoms with Crippen LogP contribution in [0.4, 0.5) is 9.59 Å². The molecule has 0 radical (unpaired) electrons. The van der Waals surface area contributed by atoms with Gasteiger partial charge in [-0.1, -0.05) is 96.8 Å². The Morgan fingerprint density at radius 2 is 1.08 bits per heavy atom. The Hall–Kier alpha value is -5.68. The molecule has 0 bridgehead atoms. The van der Waals surface area contributed by atoms with E-state index in [1.165, 1.54) is 16.7 Å². The molecule has 8 nitrogen and oxygen atoms in total. The molecule has 0 aliphatic carbocycles. The molecule has 4 heterocycles. The predicted molar refractivity (Wildman–Crippen MR) is 240 cm³/mol. The summed E-state index contributed by atoms with van der Waals surface area (Å²) in [7, 11) is 0. The highest BCUT2D eigenvalue weighted by Crippen LogP contribution is 2.42. The van der Waals surface area contributed by atoms with Crippen LogP contribution in [-0.2, 0) is 9.47 Å². The molecule has 0 saturated carbocycles. The first kappa shape index (κ1) is 41.5. The number of nitrogens with zero attached hydrogens (tertiary/aromatic N) is 4. The number of hydrogen-bond acceptors (Lipinski definition) is 8. The Labute approximate surface area is 355 Å². The Morgan fingerprint density at radius 3 is 1.53 bits per heavy atom. The minimum Gasteiger partial charge on any atom is -0.444 e. The standard InChI is InChI=1S/C25H26N2O2S.C24H24N2O2S/c1-5-10-21-22(19-14-8-12-17-11-6-7-13-18(17)19)26-23(30-21)20-15-9-16-27(20)24(28)29-25(2,3)4;1-5-20-21(18-13-8-11-16-10-6-7-12-17(16)18)25-22(29-20)19-14-9-15-26(19)23(27)28-24(2,3)4/h6-8,11-14,20H,9,15-16H2,1-4H3;1,6-8,10-13,19H,9,14-15H2,2-4H3. The maximum Gasteiger partial charge on any atom is 0.410 e. The average molecular weight is 823 g/mol. The smallest absolute Gasteiger partial charge is 0.410 e. The Bertz CT molecular complexity index is 2600. The molecule has 0 N–H and O–H groups in total. The number of likely N-dealkylation sites (tertiary alicyclic amines) is 2. The molecule has 0 spiro atoms. The van der Waals surface area contributed by atoms with Crippen molar-refractivity contribution in [2.24, 2.45) is 0 Å².